The summed E-state index contributed by atoms with van der Waals surface area (Å²) in [6.07, 6.45) is 2.96. The van der Waals surface area contributed by atoms with Crippen LogP contribution in [0.2, 0.25) is 0 Å². The number of carbonyl (C=O) groups excluding carboxylic acids is 1. The maximum absolute atomic E-state index is 12.4. The van der Waals surface area contributed by atoms with E-state index in [-0.39, 0.29) is 17.5 Å². The largest absolute Gasteiger partial charge is 0.356 e. The summed E-state index contributed by atoms with van der Waals surface area (Å²) in [4.78, 5) is 28.8. The van der Waals surface area contributed by atoms with E-state index in [0.717, 1.165) is 25.1 Å². The lowest BCUT2D eigenvalue weighted by Gasteiger charge is -2.32. The van der Waals surface area contributed by atoms with Crippen LogP contribution in [0, 0.1) is 16.0 Å². The smallest absolute Gasteiger partial charge is 0.287 e. The van der Waals surface area contributed by atoms with Gasteiger partial charge in [0, 0.05) is 24.8 Å². The first-order valence-electron chi connectivity index (χ1n) is 7.85. The van der Waals surface area contributed by atoms with Crippen LogP contribution in [0.4, 0.5) is 17.2 Å². The second kappa shape index (κ2) is 7.08. The maximum Gasteiger partial charge on any atom is 0.287 e. The molecule has 1 atom stereocenters. The molecule has 1 aliphatic rings. The Labute approximate surface area is 139 Å². The topological polar surface area (TPSA) is 88.4 Å². The number of aromatic nitrogens is 1. The number of pyridine rings is 1. The summed E-state index contributed by atoms with van der Waals surface area (Å²) < 4.78 is 0. The fourth-order valence-corrected chi connectivity index (χ4v) is 2.84. The number of carbonyl (C=O) groups is 1. The molecule has 3 rings (SSSR count). The molecular weight excluding hydrogens is 308 g/mol. The van der Waals surface area contributed by atoms with Crippen molar-refractivity contribution in [3.63, 3.8) is 0 Å². The van der Waals surface area contributed by atoms with Crippen molar-refractivity contribution in [1.29, 1.82) is 0 Å². The monoisotopic (exact) mass is 326 g/mol. The van der Waals surface area contributed by atoms with E-state index in [1.165, 1.54) is 12.3 Å². The van der Waals surface area contributed by atoms with Crippen molar-refractivity contribution in [2.45, 2.75) is 12.8 Å². The number of piperidine rings is 1. The number of nitrogens with zero attached hydrogens (tertiary/aromatic N) is 3. The third kappa shape index (κ3) is 3.68. The van der Waals surface area contributed by atoms with E-state index in [1.807, 2.05) is 35.2 Å². The summed E-state index contributed by atoms with van der Waals surface area (Å²) >= 11 is 0. The molecule has 24 heavy (non-hydrogen) atoms. The SMILES string of the molecule is O=C(Nc1ccccc1)C1CCCN(c2ccc([N+](=O)[O-])cn2)C1. The van der Waals surface area contributed by atoms with Crippen LogP contribution in [-0.4, -0.2) is 28.9 Å². The van der Waals surface area contributed by atoms with E-state index in [0.29, 0.717) is 12.4 Å². The zero-order valence-electron chi connectivity index (χ0n) is 13.1. The fraction of sp³-hybridized carbons (Fsp3) is 0.294. The van der Waals surface area contributed by atoms with Gasteiger partial charge in [0.2, 0.25) is 5.91 Å². The van der Waals surface area contributed by atoms with Gasteiger partial charge in [-0.15, -0.1) is 0 Å². The van der Waals surface area contributed by atoms with Crippen molar-refractivity contribution >= 4 is 23.1 Å². The van der Waals surface area contributed by atoms with Gasteiger partial charge in [0.05, 0.1) is 10.8 Å². The Morgan fingerprint density at radius 1 is 1.25 bits per heavy atom. The summed E-state index contributed by atoms with van der Waals surface area (Å²) in [6.45, 7) is 1.35. The predicted octanol–water partition coefficient (Wildman–Crippen LogP) is 2.84. The molecular formula is C17H18N4O3. The third-order valence-electron chi connectivity index (χ3n) is 4.10. The molecule has 0 saturated carbocycles. The highest BCUT2D eigenvalue weighted by Crippen LogP contribution is 2.24. The van der Waals surface area contributed by atoms with Crippen molar-refractivity contribution < 1.29 is 9.72 Å². The van der Waals surface area contributed by atoms with E-state index in [4.69, 9.17) is 0 Å². The van der Waals surface area contributed by atoms with Gasteiger partial charge in [0.15, 0.2) is 0 Å². The molecule has 1 unspecified atom stereocenters. The average Bonchev–Trinajstić information content (AvgIpc) is 2.63. The number of nitrogens with one attached hydrogen (secondary N) is 1. The van der Waals surface area contributed by atoms with Crippen molar-refractivity contribution in [3.8, 4) is 0 Å². The number of rotatable bonds is 4. The van der Waals surface area contributed by atoms with Gasteiger partial charge in [-0.3, -0.25) is 14.9 Å². The van der Waals surface area contributed by atoms with E-state index in [2.05, 4.69) is 10.3 Å². The van der Waals surface area contributed by atoms with Crippen molar-refractivity contribution in [1.82, 2.24) is 4.98 Å². The highest BCUT2D eigenvalue weighted by atomic mass is 16.6. The number of hydrogen-bond acceptors (Lipinski definition) is 5. The van der Waals surface area contributed by atoms with E-state index >= 15 is 0 Å². The summed E-state index contributed by atoms with van der Waals surface area (Å²) in [7, 11) is 0. The standard InChI is InChI=1S/C17H18N4O3/c22-17(19-14-6-2-1-3-7-14)13-5-4-10-20(12-13)16-9-8-15(11-18-16)21(23)24/h1-3,6-9,11,13H,4-5,10,12H2,(H,19,22). The summed E-state index contributed by atoms with van der Waals surface area (Å²) in [6, 6.07) is 12.4. The molecule has 124 valence electrons. The Bertz CT molecular complexity index is 718. The lowest BCUT2D eigenvalue weighted by Crippen LogP contribution is -2.41. The molecule has 1 fully saturated rings. The molecule has 0 radical (unpaired) electrons. The first-order chi connectivity index (χ1) is 11.6. The molecule has 1 saturated heterocycles. The zero-order valence-corrected chi connectivity index (χ0v) is 13.1. The first kappa shape index (κ1) is 15.9. The number of para-hydroxylation sites is 1. The van der Waals surface area contributed by atoms with Crippen molar-refractivity contribution in [2.75, 3.05) is 23.3 Å². The van der Waals surface area contributed by atoms with Crippen LogP contribution < -0.4 is 10.2 Å². The van der Waals surface area contributed by atoms with Gasteiger partial charge < -0.3 is 10.2 Å². The molecule has 1 amide bonds. The molecule has 1 aliphatic heterocycles. The second-order valence-corrected chi connectivity index (χ2v) is 5.77. The first-order valence-corrected chi connectivity index (χ1v) is 7.85. The van der Waals surface area contributed by atoms with Crippen LogP contribution in [0.25, 0.3) is 0 Å². The Kier molecular flexibility index (Phi) is 4.69. The Balaban J connectivity index is 1.65. The molecule has 0 spiro atoms. The van der Waals surface area contributed by atoms with Gasteiger partial charge in [0.1, 0.15) is 12.0 Å². The molecule has 1 N–H and O–H groups in total. The van der Waals surface area contributed by atoms with Gasteiger partial charge in [0.25, 0.3) is 5.69 Å². The summed E-state index contributed by atoms with van der Waals surface area (Å²) in [5.41, 5.74) is 0.752. The van der Waals surface area contributed by atoms with Gasteiger partial charge in [-0.05, 0) is 31.0 Å². The predicted molar refractivity (Wildman–Crippen MR) is 90.9 cm³/mol. The zero-order chi connectivity index (χ0) is 16.9. The van der Waals surface area contributed by atoms with E-state index < -0.39 is 4.92 Å². The highest BCUT2D eigenvalue weighted by molar-refractivity contribution is 5.93. The number of hydrogen-bond donors (Lipinski definition) is 1. The lowest BCUT2D eigenvalue weighted by molar-refractivity contribution is -0.385. The van der Waals surface area contributed by atoms with Crippen LogP contribution in [0.1, 0.15) is 12.8 Å². The van der Waals surface area contributed by atoms with Gasteiger partial charge >= 0.3 is 0 Å². The molecule has 1 aromatic carbocycles. The molecule has 7 heteroatoms. The Hall–Kier alpha value is -2.96. The van der Waals surface area contributed by atoms with Gasteiger partial charge in [-0.2, -0.15) is 0 Å². The number of nitro groups is 1. The molecule has 2 heterocycles. The molecule has 2 aromatic rings. The van der Waals surface area contributed by atoms with Gasteiger partial charge in [-0.1, -0.05) is 18.2 Å². The number of benzene rings is 1. The van der Waals surface area contributed by atoms with Crippen LogP contribution in [0.15, 0.2) is 48.7 Å². The van der Waals surface area contributed by atoms with Crippen molar-refractivity contribution in [2.24, 2.45) is 5.92 Å². The minimum absolute atomic E-state index is 0.00666. The van der Waals surface area contributed by atoms with E-state index in [1.54, 1.807) is 6.07 Å². The second-order valence-electron chi connectivity index (χ2n) is 5.77. The Morgan fingerprint density at radius 3 is 2.71 bits per heavy atom. The molecule has 1 aromatic heterocycles. The van der Waals surface area contributed by atoms with Crippen molar-refractivity contribution in [3.05, 3.63) is 58.8 Å². The number of amides is 1. The van der Waals surface area contributed by atoms with Crippen LogP contribution in [-0.2, 0) is 4.79 Å². The molecule has 0 aliphatic carbocycles. The number of anilines is 2. The average molecular weight is 326 g/mol. The third-order valence-corrected chi connectivity index (χ3v) is 4.10. The van der Waals surface area contributed by atoms with E-state index in [9.17, 15) is 14.9 Å². The molecule has 7 nitrogen and oxygen atoms in total. The highest BCUT2D eigenvalue weighted by Gasteiger charge is 2.26. The minimum atomic E-state index is -0.469. The molecule has 0 bridgehead atoms. The Morgan fingerprint density at radius 2 is 2.04 bits per heavy atom. The maximum atomic E-state index is 12.4. The quantitative estimate of drug-likeness (QED) is 0.689. The van der Waals surface area contributed by atoms with Crippen LogP contribution in [0.5, 0.6) is 0 Å². The van der Waals surface area contributed by atoms with Gasteiger partial charge in [-0.25, -0.2) is 4.98 Å². The van der Waals surface area contributed by atoms with Crippen LogP contribution in [0.3, 0.4) is 0 Å². The lowest BCUT2D eigenvalue weighted by atomic mass is 9.97. The fourth-order valence-electron chi connectivity index (χ4n) is 2.84. The summed E-state index contributed by atoms with van der Waals surface area (Å²) in [5, 5.41) is 13.6. The normalized spacial score (nSPS) is 17.3. The minimum Gasteiger partial charge on any atom is -0.356 e. The summed E-state index contributed by atoms with van der Waals surface area (Å²) in [5.74, 6) is 0.529. The van der Waals surface area contributed by atoms with Crippen LogP contribution >= 0.6 is 0 Å².